The Kier molecular flexibility index (Phi) is 15.5. The minimum atomic E-state index is -0.174. The Morgan fingerprint density at radius 1 is 1.05 bits per heavy atom. The standard InChI is InChI=1S/C30H41ClN6O2.C2H6.CH3Cl/c1-20(2)28-27-29(37(34-28)12-8-6-7-9-22(5)31)32-26(33-30(27)39)18-23-10-11-25(38)24(17-23)19-35-13-15-36(16-14-35)21(3)4;2*1-2/h6-11,17,20-22,38H,12-16,18-19H2,1-5H3,(H,32,33,39);1-2H3;1H3/b8-6-,9-7-;;. The first-order chi connectivity index (χ1) is 20.6. The summed E-state index contributed by atoms with van der Waals surface area (Å²) in [6.45, 7) is 19.6. The average Bonchev–Trinajstić information content (AvgIpc) is 3.36. The molecule has 4 rings (SSSR count). The second kappa shape index (κ2) is 18.2. The number of phenolic OH excluding ortho intramolecular Hbond substituents is 1. The monoisotopic (exact) mass is 632 g/mol. The van der Waals surface area contributed by atoms with E-state index in [0.717, 1.165) is 43.0 Å². The van der Waals surface area contributed by atoms with Crippen molar-refractivity contribution in [3.8, 4) is 5.75 Å². The quantitative estimate of drug-likeness (QED) is 0.191. The normalized spacial score (nSPS) is 15.3. The molecule has 0 radical (unpaired) electrons. The first-order valence-corrected chi connectivity index (χ1v) is 16.4. The molecule has 1 aliphatic heterocycles. The molecule has 10 heteroatoms. The maximum Gasteiger partial charge on any atom is 0.262 e. The first-order valence-electron chi connectivity index (χ1n) is 15.2. The van der Waals surface area contributed by atoms with Crippen LogP contribution in [-0.2, 0) is 19.5 Å². The van der Waals surface area contributed by atoms with Gasteiger partial charge in [0.15, 0.2) is 5.65 Å². The van der Waals surface area contributed by atoms with Gasteiger partial charge in [0.1, 0.15) is 17.0 Å². The Labute approximate surface area is 267 Å². The largest absolute Gasteiger partial charge is 0.508 e. The average molecular weight is 634 g/mol. The summed E-state index contributed by atoms with van der Waals surface area (Å²) < 4.78 is 1.79. The Hall–Kier alpha value is -2.65. The van der Waals surface area contributed by atoms with Gasteiger partial charge in [0.05, 0.1) is 12.2 Å². The number of benzene rings is 1. The van der Waals surface area contributed by atoms with Crippen LogP contribution >= 0.6 is 23.2 Å². The third-order valence-corrected chi connectivity index (χ3v) is 7.32. The number of piperazine rings is 1. The maximum absolute atomic E-state index is 13.2. The highest BCUT2D eigenvalue weighted by Gasteiger charge is 2.21. The minimum Gasteiger partial charge on any atom is -0.508 e. The number of hydrogen-bond acceptors (Lipinski definition) is 6. The van der Waals surface area contributed by atoms with Crippen LogP contribution in [0.4, 0.5) is 0 Å². The van der Waals surface area contributed by atoms with Crippen LogP contribution in [0.15, 0.2) is 47.3 Å². The van der Waals surface area contributed by atoms with Gasteiger partial charge < -0.3 is 10.1 Å². The van der Waals surface area contributed by atoms with E-state index in [-0.39, 0.29) is 16.9 Å². The fourth-order valence-corrected chi connectivity index (χ4v) is 5.06. The summed E-state index contributed by atoms with van der Waals surface area (Å²) >= 11 is 10.6. The zero-order valence-electron chi connectivity index (χ0n) is 27.1. The number of aromatic nitrogens is 4. The molecule has 43 heavy (non-hydrogen) atoms. The number of aromatic hydroxyl groups is 1. The molecule has 0 aliphatic carbocycles. The molecular weight excluding hydrogens is 583 g/mol. The van der Waals surface area contributed by atoms with Crippen LogP contribution in [0.3, 0.4) is 0 Å². The first kappa shape index (κ1) is 36.5. The van der Waals surface area contributed by atoms with Gasteiger partial charge >= 0.3 is 0 Å². The number of fused-ring (bicyclic) bond motifs is 1. The Morgan fingerprint density at radius 2 is 1.72 bits per heavy atom. The van der Waals surface area contributed by atoms with E-state index < -0.39 is 0 Å². The number of allylic oxidation sites excluding steroid dienone is 4. The van der Waals surface area contributed by atoms with E-state index in [1.807, 2.05) is 71.1 Å². The predicted octanol–water partition coefficient (Wildman–Crippen LogP) is 6.69. The van der Waals surface area contributed by atoms with Crippen LogP contribution in [0.25, 0.3) is 11.0 Å². The number of nitrogens with one attached hydrogen (secondary N) is 1. The molecule has 0 spiro atoms. The summed E-state index contributed by atoms with van der Waals surface area (Å²) in [5.74, 6) is 0.961. The molecule has 1 aliphatic rings. The fraction of sp³-hybridized carbons (Fsp3) is 0.545. The molecule has 2 N–H and O–H groups in total. The summed E-state index contributed by atoms with van der Waals surface area (Å²) in [6.07, 6.45) is 9.63. The lowest BCUT2D eigenvalue weighted by atomic mass is 10.1. The highest BCUT2D eigenvalue weighted by Crippen LogP contribution is 2.24. The van der Waals surface area contributed by atoms with Gasteiger partial charge in [-0.2, -0.15) is 5.10 Å². The van der Waals surface area contributed by atoms with Crippen LogP contribution in [0.5, 0.6) is 5.75 Å². The van der Waals surface area contributed by atoms with Crippen molar-refractivity contribution in [1.29, 1.82) is 0 Å². The summed E-state index contributed by atoms with van der Waals surface area (Å²) in [7, 11) is 0. The molecule has 1 atom stereocenters. The molecule has 8 nitrogen and oxygen atoms in total. The summed E-state index contributed by atoms with van der Waals surface area (Å²) in [4.78, 5) is 25.9. The van der Waals surface area contributed by atoms with Crippen molar-refractivity contribution >= 4 is 34.2 Å². The lowest BCUT2D eigenvalue weighted by Crippen LogP contribution is -2.48. The topological polar surface area (TPSA) is 90.3 Å². The van der Waals surface area contributed by atoms with E-state index in [1.165, 1.54) is 6.38 Å². The molecule has 0 saturated carbocycles. The number of rotatable bonds is 10. The molecule has 1 saturated heterocycles. The van der Waals surface area contributed by atoms with Gasteiger partial charge in [-0.25, -0.2) is 9.67 Å². The van der Waals surface area contributed by atoms with Gasteiger partial charge in [-0.05, 0) is 38.3 Å². The Balaban J connectivity index is 0.00000155. The van der Waals surface area contributed by atoms with Crippen molar-refractivity contribution in [2.75, 3.05) is 32.6 Å². The minimum absolute atomic E-state index is 0.0361. The Bertz CT molecular complexity index is 1390. The Morgan fingerprint density at radius 3 is 2.33 bits per heavy atom. The van der Waals surface area contributed by atoms with Gasteiger partial charge in [-0.1, -0.05) is 64.1 Å². The molecule has 1 unspecified atom stereocenters. The van der Waals surface area contributed by atoms with Crippen molar-refractivity contribution in [2.45, 2.75) is 85.3 Å². The van der Waals surface area contributed by atoms with Crippen LogP contribution in [0, 0.1) is 0 Å². The second-order valence-electron chi connectivity index (χ2n) is 11.0. The van der Waals surface area contributed by atoms with E-state index in [9.17, 15) is 9.90 Å². The second-order valence-corrected chi connectivity index (χ2v) is 11.7. The lowest BCUT2D eigenvalue weighted by molar-refractivity contribution is 0.103. The van der Waals surface area contributed by atoms with Crippen molar-refractivity contribution in [2.24, 2.45) is 0 Å². The van der Waals surface area contributed by atoms with Crippen molar-refractivity contribution in [3.63, 3.8) is 0 Å². The molecule has 3 aromatic rings. The summed E-state index contributed by atoms with van der Waals surface area (Å²) in [6, 6.07) is 6.21. The molecule has 2 aromatic heterocycles. The van der Waals surface area contributed by atoms with Crippen LogP contribution in [-0.4, -0.2) is 78.6 Å². The van der Waals surface area contributed by atoms with Gasteiger partial charge in [0, 0.05) is 62.5 Å². The van der Waals surface area contributed by atoms with E-state index in [0.29, 0.717) is 48.2 Å². The van der Waals surface area contributed by atoms with Gasteiger partial charge in [-0.15, -0.1) is 23.2 Å². The third-order valence-electron chi connectivity index (χ3n) is 7.17. The van der Waals surface area contributed by atoms with E-state index >= 15 is 0 Å². The van der Waals surface area contributed by atoms with Crippen LogP contribution < -0.4 is 5.56 Å². The van der Waals surface area contributed by atoms with E-state index in [4.69, 9.17) is 21.7 Å². The number of H-pyrrole nitrogens is 1. The molecule has 0 bridgehead atoms. The fourth-order valence-electron chi connectivity index (χ4n) is 4.97. The van der Waals surface area contributed by atoms with Crippen molar-refractivity contribution in [1.82, 2.24) is 29.5 Å². The third kappa shape index (κ3) is 10.5. The number of nitrogens with zero attached hydrogens (tertiary/aromatic N) is 5. The molecular formula is C33H50Cl2N6O2. The number of aromatic amines is 1. The molecule has 0 amide bonds. The number of phenols is 1. The number of hydrogen-bond donors (Lipinski definition) is 2. The highest BCUT2D eigenvalue weighted by molar-refractivity contribution is 6.21. The zero-order chi connectivity index (χ0) is 32.1. The zero-order valence-corrected chi connectivity index (χ0v) is 28.6. The summed E-state index contributed by atoms with van der Waals surface area (Å²) in [5.41, 5.74) is 3.03. The smallest absolute Gasteiger partial charge is 0.262 e. The number of alkyl halides is 2. The van der Waals surface area contributed by atoms with Gasteiger partial charge in [0.2, 0.25) is 0 Å². The highest BCUT2D eigenvalue weighted by atomic mass is 35.5. The molecule has 3 heterocycles. The van der Waals surface area contributed by atoms with Gasteiger partial charge in [-0.3, -0.25) is 14.6 Å². The molecule has 1 fully saturated rings. The predicted molar refractivity (Wildman–Crippen MR) is 182 cm³/mol. The molecule has 1 aromatic carbocycles. The van der Waals surface area contributed by atoms with Crippen LogP contribution in [0.2, 0.25) is 0 Å². The number of halogens is 2. The van der Waals surface area contributed by atoms with Crippen molar-refractivity contribution in [3.05, 3.63) is 75.5 Å². The maximum atomic E-state index is 13.2. The van der Waals surface area contributed by atoms with Crippen LogP contribution in [0.1, 0.15) is 77.0 Å². The van der Waals surface area contributed by atoms with E-state index in [1.54, 1.807) is 10.7 Å². The summed E-state index contributed by atoms with van der Waals surface area (Å²) in [5, 5.41) is 15.8. The van der Waals surface area contributed by atoms with E-state index in [2.05, 4.69) is 40.2 Å². The lowest BCUT2D eigenvalue weighted by Gasteiger charge is -2.37. The van der Waals surface area contributed by atoms with Gasteiger partial charge in [0.25, 0.3) is 5.56 Å². The SMILES string of the molecule is CC.CC(Cl)/C=C\C=C/Cn1nc(C(C)C)c2c(=O)[nH]c(Cc3ccc(O)c(CN4CCN(C(C)C)CC4)c3)nc21.CCl. The van der Waals surface area contributed by atoms with Crippen molar-refractivity contribution < 1.29 is 5.11 Å². The molecule has 238 valence electrons.